The average Bonchev–Trinajstić information content (AvgIpc) is 2.09. The number of nitrogens with zero attached hydrogens (tertiary/aromatic N) is 1. The molecule has 2 nitrogen and oxygen atoms in total. The minimum Gasteiger partial charge on any atom is -0.316 e. The summed E-state index contributed by atoms with van der Waals surface area (Å²) < 4.78 is 35.7. The Labute approximate surface area is 83.5 Å². The number of alkyl halides is 3. The molecule has 0 aromatic heterocycles. The van der Waals surface area contributed by atoms with Crippen LogP contribution in [-0.4, -0.2) is 43.8 Å². The monoisotopic (exact) mass is 212 g/mol. The maximum absolute atomic E-state index is 11.9. The SMILES string of the molecule is CCNCCN(CC)CCC(F)(F)F. The smallest absolute Gasteiger partial charge is 0.316 e. The molecule has 0 saturated heterocycles. The van der Waals surface area contributed by atoms with Crippen LogP contribution < -0.4 is 5.32 Å². The van der Waals surface area contributed by atoms with Crippen LogP contribution in [0.25, 0.3) is 0 Å². The van der Waals surface area contributed by atoms with Crippen LogP contribution in [0.3, 0.4) is 0 Å². The Balaban J connectivity index is 3.58. The predicted molar refractivity (Wildman–Crippen MR) is 51.3 cm³/mol. The molecule has 0 aromatic carbocycles. The molecule has 0 bridgehead atoms. The van der Waals surface area contributed by atoms with Gasteiger partial charge in [-0.15, -0.1) is 0 Å². The van der Waals surface area contributed by atoms with E-state index in [1.807, 2.05) is 13.8 Å². The third kappa shape index (κ3) is 8.31. The van der Waals surface area contributed by atoms with Crippen molar-refractivity contribution in [3.8, 4) is 0 Å². The van der Waals surface area contributed by atoms with E-state index in [9.17, 15) is 13.2 Å². The van der Waals surface area contributed by atoms with Gasteiger partial charge < -0.3 is 10.2 Å². The van der Waals surface area contributed by atoms with Crippen molar-refractivity contribution < 1.29 is 13.2 Å². The second-order valence-corrected chi connectivity index (χ2v) is 3.15. The van der Waals surface area contributed by atoms with Crippen LogP contribution in [0.1, 0.15) is 20.3 Å². The minimum absolute atomic E-state index is 0.103. The largest absolute Gasteiger partial charge is 0.390 e. The first kappa shape index (κ1) is 13.7. The van der Waals surface area contributed by atoms with Gasteiger partial charge in [0.25, 0.3) is 0 Å². The summed E-state index contributed by atoms with van der Waals surface area (Å²) in [5.41, 5.74) is 0. The molecule has 0 amide bonds. The molecule has 0 aliphatic carbocycles. The number of hydrogen-bond acceptors (Lipinski definition) is 2. The van der Waals surface area contributed by atoms with E-state index >= 15 is 0 Å². The minimum atomic E-state index is -4.04. The summed E-state index contributed by atoms with van der Waals surface area (Å²) >= 11 is 0. The van der Waals surface area contributed by atoms with Gasteiger partial charge in [-0.3, -0.25) is 0 Å². The first-order chi connectivity index (χ1) is 6.49. The second kappa shape index (κ2) is 7.06. The number of rotatable bonds is 7. The second-order valence-electron chi connectivity index (χ2n) is 3.15. The Morgan fingerprint density at radius 3 is 2.21 bits per heavy atom. The predicted octanol–water partition coefficient (Wildman–Crippen LogP) is 1.87. The summed E-state index contributed by atoms with van der Waals surface area (Å²) in [7, 11) is 0. The highest BCUT2D eigenvalue weighted by Crippen LogP contribution is 2.19. The van der Waals surface area contributed by atoms with Crippen LogP contribution in [0.5, 0.6) is 0 Å². The van der Waals surface area contributed by atoms with Crippen molar-refractivity contribution in [2.75, 3.05) is 32.7 Å². The molecule has 1 N–H and O–H groups in total. The van der Waals surface area contributed by atoms with Crippen molar-refractivity contribution in [3.05, 3.63) is 0 Å². The lowest BCUT2D eigenvalue weighted by Crippen LogP contribution is -2.34. The van der Waals surface area contributed by atoms with Gasteiger partial charge in [0.2, 0.25) is 0 Å². The Morgan fingerprint density at radius 2 is 1.79 bits per heavy atom. The van der Waals surface area contributed by atoms with Crippen molar-refractivity contribution in [1.82, 2.24) is 10.2 Å². The fourth-order valence-electron chi connectivity index (χ4n) is 1.13. The van der Waals surface area contributed by atoms with E-state index < -0.39 is 12.6 Å². The molecule has 5 heteroatoms. The quantitative estimate of drug-likeness (QED) is 0.648. The van der Waals surface area contributed by atoms with Crippen LogP contribution >= 0.6 is 0 Å². The van der Waals surface area contributed by atoms with E-state index in [4.69, 9.17) is 0 Å². The van der Waals surface area contributed by atoms with Crippen molar-refractivity contribution in [3.63, 3.8) is 0 Å². The van der Waals surface area contributed by atoms with Crippen LogP contribution in [0.2, 0.25) is 0 Å². The summed E-state index contributed by atoms with van der Waals surface area (Å²) in [4.78, 5) is 1.80. The Bertz CT molecular complexity index is 137. The lowest BCUT2D eigenvalue weighted by Gasteiger charge is -2.20. The summed E-state index contributed by atoms with van der Waals surface area (Å²) in [6.45, 7) is 6.92. The number of nitrogens with one attached hydrogen (secondary N) is 1. The fourth-order valence-corrected chi connectivity index (χ4v) is 1.13. The normalized spacial score (nSPS) is 12.4. The third-order valence-electron chi connectivity index (χ3n) is 2.01. The number of likely N-dealkylation sites (N-methyl/N-ethyl adjacent to an activating group) is 2. The lowest BCUT2D eigenvalue weighted by molar-refractivity contribution is -0.137. The molecule has 86 valence electrons. The van der Waals surface area contributed by atoms with E-state index in [0.717, 1.165) is 13.1 Å². The standard InChI is InChI=1S/C9H19F3N2/c1-3-13-6-8-14(4-2)7-5-9(10,11)12/h13H,3-8H2,1-2H3. The maximum Gasteiger partial charge on any atom is 0.390 e. The van der Waals surface area contributed by atoms with Crippen LogP contribution in [0.15, 0.2) is 0 Å². The van der Waals surface area contributed by atoms with Gasteiger partial charge >= 0.3 is 6.18 Å². The van der Waals surface area contributed by atoms with Gasteiger partial charge in [0.15, 0.2) is 0 Å². The van der Waals surface area contributed by atoms with Gasteiger partial charge in [0.05, 0.1) is 6.42 Å². The van der Waals surface area contributed by atoms with Crippen LogP contribution in [0.4, 0.5) is 13.2 Å². The molecule has 0 spiro atoms. The summed E-state index contributed by atoms with van der Waals surface area (Å²) in [6, 6.07) is 0. The molecule has 0 atom stereocenters. The number of hydrogen-bond donors (Lipinski definition) is 1. The molecule has 0 rings (SSSR count). The highest BCUT2D eigenvalue weighted by molar-refractivity contribution is 4.60. The van der Waals surface area contributed by atoms with Gasteiger partial charge in [0.1, 0.15) is 0 Å². The van der Waals surface area contributed by atoms with Gasteiger partial charge in [-0.05, 0) is 13.1 Å². The molecule has 0 aliphatic heterocycles. The molecule has 0 aromatic rings. The maximum atomic E-state index is 11.9. The molecular formula is C9H19F3N2. The average molecular weight is 212 g/mol. The Morgan fingerprint density at radius 1 is 1.14 bits per heavy atom. The molecule has 0 saturated carbocycles. The zero-order valence-electron chi connectivity index (χ0n) is 8.82. The molecule has 0 radical (unpaired) electrons. The first-order valence-electron chi connectivity index (χ1n) is 4.99. The molecule has 0 fully saturated rings. The highest BCUT2D eigenvalue weighted by Gasteiger charge is 2.27. The molecule has 0 heterocycles. The van der Waals surface area contributed by atoms with Crippen molar-refractivity contribution >= 4 is 0 Å². The zero-order chi connectivity index (χ0) is 11.0. The van der Waals surface area contributed by atoms with Gasteiger partial charge in [-0.1, -0.05) is 13.8 Å². The highest BCUT2D eigenvalue weighted by atomic mass is 19.4. The summed E-state index contributed by atoms with van der Waals surface area (Å²) in [5, 5.41) is 3.09. The van der Waals surface area contributed by atoms with E-state index in [-0.39, 0.29) is 6.54 Å². The molecule has 0 aliphatic rings. The van der Waals surface area contributed by atoms with E-state index in [1.54, 1.807) is 4.90 Å². The Hall–Kier alpha value is -0.290. The topological polar surface area (TPSA) is 15.3 Å². The summed E-state index contributed by atoms with van der Waals surface area (Å²) in [6.07, 6.45) is -4.75. The Kier molecular flexibility index (Phi) is 6.92. The van der Waals surface area contributed by atoms with Gasteiger partial charge in [-0.25, -0.2) is 0 Å². The molecule has 0 unspecified atom stereocenters. The van der Waals surface area contributed by atoms with Crippen molar-refractivity contribution in [2.45, 2.75) is 26.4 Å². The van der Waals surface area contributed by atoms with Crippen LogP contribution in [0, 0.1) is 0 Å². The molecule has 14 heavy (non-hydrogen) atoms. The van der Waals surface area contributed by atoms with Crippen molar-refractivity contribution in [2.24, 2.45) is 0 Å². The number of halogens is 3. The third-order valence-corrected chi connectivity index (χ3v) is 2.01. The fraction of sp³-hybridized carbons (Fsp3) is 1.00. The lowest BCUT2D eigenvalue weighted by atomic mass is 10.3. The van der Waals surface area contributed by atoms with Gasteiger partial charge in [-0.2, -0.15) is 13.2 Å². The van der Waals surface area contributed by atoms with Crippen LogP contribution in [-0.2, 0) is 0 Å². The summed E-state index contributed by atoms with van der Waals surface area (Å²) in [5.74, 6) is 0. The first-order valence-corrected chi connectivity index (χ1v) is 4.99. The van der Waals surface area contributed by atoms with E-state index in [2.05, 4.69) is 5.32 Å². The van der Waals surface area contributed by atoms with E-state index in [0.29, 0.717) is 13.1 Å². The molecular weight excluding hydrogens is 193 g/mol. The van der Waals surface area contributed by atoms with Crippen molar-refractivity contribution in [1.29, 1.82) is 0 Å². The zero-order valence-corrected chi connectivity index (χ0v) is 8.82. The van der Waals surface area contributed by atoms with E-state index in [1.165, 1.54) is 0 Å². The van der Waals surface area contributed by atoms with Gasteiger partial charge in [0, 0.05) is 19.6 Å².